The Balaban J connectivity index is 2.19. The first kappa shape index (κ1) is 9.52. The number of hydrogen-bond acceptors (Lipinski definition) is 2. The predicted octanol–water partition coefficient (Wildman–Crippen LogP) is 1.66. The van der Waals surface area contributed by atoms with E-state index in [4.69, 9.17) is 9.84 Å². The fraction of sp³-hybridized carbons (Fsp3) is 0.889. The van der Waals surface area contributed by atoms with Crippen molar-refractivity contribution in [3.8, 4) is 0 Å². The van der Waals surface area contributed by atoms with Gasteiger partial charge in [-0.25, -0.2) is 0 Å². The van der Waals surface area contributed by atoms with Gasteiger partial charge < -0.3 is 9.84 Å². The van der Waals surface area contributed by atoms with Crippen LogP contribution in [0.4, 0.5) is 0 Å². The molecule has 0 saturated carbocycles. The molecule has 3 nitrogen and oxygen atoms in total. The molecular weight excluding hydrogens is 156 g/mol. The van der Waals surface area contributed by atoms with Crippen LogP contribution in [-0.4, -0.2) is 23.3 Å². The maximum absolute atomic E-state index is 10.4. The van der Waals surface area contributed by atoms with Crippen LogP contribution in [0.5, 0.6) is 0 Å². The highest BCUT2D eigenvalue weighted by molar-refractivity contribution is 5.67. The number of carboxylic acids is 1. The number of epoxide rings is 1. The Bertz CT molecular complexity index is 167. The van der Waals surface area contributed by atoms with Gasteiger partial charge in [0.25, 0.3) is 0 Å². The Morgan fingerprint density at radius 3 is 2.83 bits per heavy atom. The molecule has 3 heteroatoms. The third-order valence-electron chi connectivity index (χ3n) is 2.25. The van der Waals surface area contributed by atoms with Gasteiger partial charge in [-0.3, -0.25) is 4.79 Å². The molecule has 0 unspecified atom stereocenters. The van der Waals surface area contributed by atoms with Crippen molar-refractivity contribution in [2.75, 3.05) is 0 Å². The molecule has 0 aromatic carbocycles. The van der Waals surface area contributed by atoms with E-state index in [1.165, 1.54) is 0 Å². The highest BCUT2D eigenvalue weighted by atomic mass is 16.6. The molecular formula is C9H16O3. The van der Waals surface area contributed by atoms with Crippen LogP contribution in [0, 0.1) is 5.92 Å². The monoisotopic (exact) mass is 172 g/mol. The maximum atomic E-state index is 10.4. The zero-order valence-electron chi connectivity index (χ0n) is 7.62. The Hall–Kier alpha value is -0.570. The lowest BCUT2D eigenvalue weighted by Gasteiger charge is -2.02. The normalized spacial score (nSPS) is 29.8. The summed E-state index contributed by atoms with van der Waals surface area (Å²) in [5, 5.41) is 8.52. The minimum atomic E-state index is -0.728. The minimum absolute atomic E-state index is 0.166. The van der Waals surface area contributed by atoms with Crippen LogP contribution < -0.4 is 0 Å². The van der Waals surface area contributed by atoms with E-state index in [0.717, 1.165) is 12.8 Å². The third-order valence-corrected chi connectivity index (χ3v) is 2.25. The molecule has 0 aromatic heterocycles. The average Bonchev–Trinajstić information content (AvgIpc) is 2.66. The van der Waals surface area contributed by atoms with Crippen LogP contribution in [0.1, 0.15) is 33.1 Å². The lowest BCUT2D eigenvalue weighted by atomic mass is 10.0. The fourth-order valence-electron chi connectivity index (χ4n) is 1.57. The molecule has 1 rings (SSSR count). The van der Waals surface area contributed by atoms with Crippen LogP contribution >= 0.6 is 0 Å². The molecule has 3 atom stereocenters. The number of carbonyl (C=O) groups is 1. The number of hydrogen-bond donors (Lipinski definition) is 1. The van der Waals surface area contributed by atoms with Gasteiger partial charge in [0, 0.05) is 0 Å². The SMILES string of the molecule is CCC[C@@H]1O[C@H]1[C@H](C)CC(=O)O. The summed E-state index contributed by atoms with van der Waals surface area (Å²) in [7, 11) is 0. The molecule has 0 radical (unpaired) electrons. The molecule has 0 spiro atoms. The van der Waals surface area contributed by atoms with Gasteiger partial charge >= 0.3 is 5.97 Å². The summed E-state index contributed by atoms with van der Waals surface area (Å²) in [6, 6.07) is 0. The Morgan fingerprint density at radius 1 is 1.67 bits per heavy atom. The molecule has 1 saturated heterocycles. The number of ether oxygens (including phenoxy) is 1. The summed E-state index contributed by atoms with van der Waals surface area (Å²) in [5.41, 5.74) is 0. The van der Waals surface area contributed by atoms with Gasteiger partial charge in [-0.15, -0.1) is 0 Å². The molecule has 12 heavy (non-hydrogen) atoms. The summed E-state index contributed by atoms with van der Waals surface area (Å²) in [6.07, 6.45) is 2.95. The zero-order chi connectivity index (χ0) is 9.14. The highest BCUT2D eigenvalue weighted by Crippen LogP contribution is 2.34. The summed E-state index contributed by atoms with van der Waals surface area (Å²) < 4.78 is 5.36. The molecule has 1 N–H and O–H groups in total. The van der Waals surface area contributed by atoms with E-state index in [-0.39, 0.29) is 18.4 Å². The van der Waals surface area contributed by atoms with Crippen LogP contribution in [0.3, 0.4) is 0 Å². The van der Waals surface area contributed by atoms with Gasteiger partial charge in [-0.05, 0) is 12.3 Å². The van der Waals surface area contributed by atoms with Crippen molar-refractivity contribution in [3.63, 3.8) is 0 Å². The smallest absolute Gasteiger partial charge is 0.303 e. The summed E-state index contributed by atoms with van der Waals surface area (Å²) in [5.74, 6) is -0.563. The van der Waals surface area contributed by atoms with E-state index in [1.54, 1.807) is 0 Å². The van der Waals surface area contributed by atoms with Crippen molar-refractivity contribution in [2.24, 2.45) is 5.92 Å². The van der Waals surface area contributed by atoms with Gasteiger partial charge in [0.2, 0.25) is 0 Å². The lowest BCUT2D eigenvalue weighted by Crippen LogP contribution is -2.11. The highest BCUT2D eigenvalue weighted by Gasteiger charge is 2.42. The van der Waals surface area contributed by atoms with Gasteiger partial charge in [-0.2, -0.15) is 0 Å². The van der Waals surface area contributed by atoms with Gasteiger partial charge in [0.1, 0.15) is 0 Å². The van der Waals surface area contributed by atoms with Gasteiger partial charge in [-0.1, -0.05) is 20.3 Å². The van der Waals surface area contributed by atoms with Crippen LogP contribution in [0.15, 0.2) is 0 Å². The largest absolute Gasteiger partial charge is 0.481 e. The lowest BCUT2D eigenvalue weighted by molar-refractivity contribution is -0.138. The van der Waals surface area contributed by atoms with E-state index in [1.807, 2.05) is 6.92 Å². The van der Waals surface area contributed by atoms with E-state index in [0.29, 0.717) is 6.10 Å². The van der Waals surface area contributed by atoms with Crippen molar-refractivity contribution in [1.82, 2.24) is 0 Å². The van der Waals surface area contributed by atoms with Crippen molar-refractivity contribution in [3.05, 3.63) is 0 Å². The standard InChI is InChI=1S/C9H16O3/c1-3-4-7-9(12-7)6(2)5-8(10)11/h6-7,9H,3-5H2,1-2H3,(H,10,11)/t6-,7+,9+/m1/s1. The second-order valence-corrected chi connectivity index (χ2v) is 3.50. The number of carboxylic acid groups (broad SMARTS) is 1. The van der Waals surface area contributed by atoms with Crippen molar-refractivity contribution in [1.29, 1.82) is 0 Å². The summed E-state index contributed by atoms with van der Waals surface area (Å²) in [4.78, 5) is 10.4. The first-order chi connectivity index (χ1) is 5.65. The second-order valence-electron chi connectivity index (χ2n) is 3.50. The molecule has 1 aliphatic heterocycles. The van der Waals surface area contributed by atoms with Crippen molar-refractivity contribution in [2.45, 2.75) is 45.3 Å². The van der Waals surface area contributed by atoms with E-state index < -0.39 is 5.97 Å². The Labute approximate surface area is 72.7 Å². The third kappa shape index (κ3) is 2.48. The molecule has 1 aliphatic rings. The molecule has 0 amide bonds. The first-order valence-corrected chi connectivity index (χ1v) is 4.52. The molecule has 1 fully saturated rings. The van der Waals surface area contributed by atoms with Crippen LogP contribution in [0.25, 0.3) is 0 Å². The van der Waals surface area contributed by atoms with Gasteiger partial charge in [0.05, 0.1) is 18.6 Å². The molecule has 0 aliphatic carbocycles. The topological polar surface area (TPSA) is 49.8 Å². The van der Waals surface area contributed by atoms with Crippen LogP contribution in [0.2, 0.25) is 0 Å². The number of aliphatic carboxylic acids is 1. The fourth-order valence-corrected chi connectivity index (χ4v) is 1.57. The van der Waals surface area contributed by atoms with Crippen molar-refractivity contribution >= 4 is 5.97 Å². The minimum Gasteiger partial charge on any atom is -0.481 e. The maximum Gasteiger partial charge on any atom is 0.303 e. The van der Waals surface area contributed by atoms with Crippen molar-refractivity contribution < 1.29 is 14.6 Å². The second kappa shape index (κ2) is 3.90. The average molecular weight is 172 g/mol. The van der Waals surface area contributed by atoms with E-state index >= 15 is 0 Å². The first-order valence-electron chi connectivity index (χ1n) is 4.52. The molecule has 70 valence electrons. The zero-order valence-corrected chi connectivity index (χ0v) is 7.62. The molecule has 0 bridgehead atoms. The molecule has 0 aromatic rings. The summed E-state index contributed by atoms with van der Waals surface area (Å²) >= 11 is 0. The van der Waals surface area contributed by atoms with Crippen LogP contribution in [-0.2, 0) is 9.53 Å². The summed E-state index contributed by atoms with van der Waals surface area (Å²) in [6.45, 7) is 4.05. The van der Waals surface area contributed by atoms with E-state index in [9.17, 15) is 4.79 Å². The van der Waals surface area contributed by atoms with E-state index in [2.05, 4.69) is 6.92 Å². The quantitative estimate of drug-likeness (QED) is 0.642. The Morgan fingerprint density at radius 2 is 2.33 bits per heavy atom. The van der Waals surface area contributed by atoms with Gasteiger partial charge in [0.15, 0.2) is 0 Å². The Kier molecular flexibility index (Phi) is 3.09. The predicted molar refractivity (Wildman–Crippen MR) is 45.0 cm³/mol. The molecule has 1 heterocycles. The number of rotatable bonds is 5.